The molecule has 1 atom stereocenters. The predicted octanol–water partition coefficient (Wildman–Crippen LogP) is 4.60. The fraction of sp³-hybridized carbons (Fsp3) is 0.375. The lowest BCUT2D eigenvalue weighted by Gasteiger charge is -2.27. The van der Waals surface area contributed by atoms with Crippen molar-refractivity contribution in [2.75, 3.05) is 7.11 Å². The zero-order chi connectivity index (χ0) is 21.4. The molecule has 7 nitrogen and oxygen atoms in total. The Kier molecular flexibility index (Phi) is 5.19. The molecule has 0 spiro atoms. The number of fused-ring (bicyclic) bond motifs is 2. The summed E-state index contributed by atoms with van der Waals surface area (Å²) in [5.41, 5.74) is 4.70. The molecule has 3 N–H and O–H groups in total. The Labute approximate surface area is 180 Å². The second kappa shape index (κ2) is 8.15. The van der Waals surface area contributed by atoms with Crippen molar-refractivity contribution in [3.05, 3.63) is 59.5 Å². The van der Waals surface area contributed by atoms with Crippen molar-refractivity contribution in [3.8, 4) is 0 Å². The molecule has 7 heteroatoms. The van der Waals surface area contributed by atoms with Crippen LogP contribution in [0, 0.1) is 0 Å². The van der Waals surface area contributed by atoms with Gasteiger partial charge in [0.25, 0.3) is 5.91 Å². The summed E-state index contributed by atoms with van der Waals surface area (Å²) in [5.74, 6) is 0.410. The Bertz CT molecular complexity index is 1200. The number of carbonyl (C=O) groups is 1. The highest BCUT2D eigenvalue weighted by Crippen LogP contribution is 2.36. The molecule has 0 unspecified atom stereocenters. The fourth-order valence-corrected chi connectivity index (χ4v) is 4.63. The topological polar surface area (TPSA) is 95.7 Å². The Balaban J connectivity index is 1.39. The molecule has 1 amide bonds. The van der Waals surface area contributed by atoms with Crippen LogP contribution in [0.4, 0.5) is 0 Å². The summed E-state index contributed by atoms with van der Waals surface area (Å²) < 4.78 is 5.51. The van der Waals surface area contributed by atoms with Crippen LogP contribution in [0.25, 0.3) is 21.9 Å². The maximum atomic E-state index is 12.7. The molecular formula is C24H27N5O2. The van der Waals surface area contributed by atoms with Gasteiger partial charge < -0.3 is 20.3 Å². The highest BCUT2D eigenvalue weighted by molar-refractivity contribution is 5.99. The molecule has 5 rings (SSSR count). The maximum Gasteiger partial charge on any atom is 0.289 e. The molecule has 0 radical (unpaired) electrons. The van der Waals surface area contributed by atoms with Crippen LogP contribution in [0.3, 0.4) is 0 Å². The lowest BCUT2D eigenvalue weighted by molar-refractivity contribution is 0.0656. The van der Waals surface area contributed by atoms with Crippen molar-refractivity contribution in [1.82, 2.24) is 25.5 Å². The molecule has 2 heterocycles. The van der Waals surface area contributed by atoms with Crippen LogP contribution in [0.15, 0.2) is 42.5 Å². The Morgan fingerprint density at radius 2 is 1.77 bits per heavy atom. The van der Waals surface area contributed by atoms with E-state index in [9.17, 15) is 4.79 Å². The summed E-state index contributed by atoms with van der Waals surface area (Å²) >= 11 is 0. The van der Waals surface area contributed by atoms with E-state index in [4.69, 9.17) is 4.74 Å². The summed E-state index contributed by atoms with van der Waals surface area (Å²) in [7, 11) is 1.79. The van der Waals surface area contributed by atoms with E-state index in [1.807, 2.05) is 49.4 Å². The van der Waals surface area contributed by atoms with Crippen LogP contribution in [0.1, 0.15) is 66.4 Å². The van der Waals surface area contributed by atoms with Gasteiger partial charge in [-0.1, -0.05) is 30.3 Å². The maximum absolute atomic E-state index is 12.7. The first-order chi connectivity index (χ1) is 15.1. The number of H-pyrrole nitrogens is 2. The molecule has 2 aromatic heterocycles. The number of methoxy groups -OCH3 is 1. The zero-order valence-corrected chi connectivity index (χ0v) is 17.8. The zero-order valence-electron chi connectivity index (χ0n) is 17.8. The van der Waals surface area contributed by atoms with E-state index in [1.165, 1.54) is 5.69 Å². The third-order valence-electron chi connectivity index (χ3n) is 6.46. The first-order valence-electron chi connectivity index (χ1n) is 10.9. The summed E-state index contributed by atoms with van der Waals surface area (Å²) in [5, 5.41) is 10.7. The van der Waals surface area contributed by atoms with Gasteiger partial charge in [0.15, 0.2) is 0 Å². The minimum absolute atomic E-state index is 0.117. The predicted molar refractivity (Wildman–Crippen MR) is 120 cm³/mol. The van der Waals surface area contributed by atoms with Gasteiger partial charge in [-0.05, 0) is 50.3 Å². The molecule has 4 aromatic rings. The van der Waals surface area contributed by atoms with Crippen LogP contribution in [0.2, 0.25) is 0 Å². The monoisotopic (exact) mass is 417 g/mol. The third-order valence-corrected chi connectivity index (χ3v) is 6.46. The van der Waals surface area contributed by atoms with E-state index in [0.717, 1.165) is 53.2 Å². The molecule has 31 heavy (non-hydrogen) atoms. The van der Waals surface area contributed by atoms with Crippen molar-refractivity contribution >= 4 is 27.8 Å². The Morgan fingerprint density at radius 1 is 1.06 bits per heavy atom. The highest BCUT2D eigenvalue weighted by Gasteiger charge is 2.25. The van der Waals surface area contributed by atoms with Crippen molar-refractivity contribution in [3.63, 3.8) is 0 Å². The molecule has 160 valence electrons. The molecule has 1 saturated carbocycles. The standard InChI is InChI=1S/C24H27N5O2/c1-14(15-6-4-3-5-7-15)25-24(30)23-26-20-12-18-19(13-21(20)27-23)28-29-22(18)16-8-10-17(31-2)11-9-16/h3-7,12-14,16-17,28-29H,8-11H2,1-2H3,(H,25,30)/t14-,16?,17?/m1/s1. The number of rotatable bonds is 5. The summed E-state index contributed by atoms with van der Waals surface area (Å²) in [6.07, 6.45) is 4.71. The van der Waals surface area contributed by atoms with Gasteiger partial charge in [-0.2, -0.15) is 0 Å². The summed E-state index contributed by atoms with van der Waals surface area (Å²) in [6.45, 7) is 1.96. The average Bonchev–Trinajstić information content (AvgIpc) is 3.41. The Hall–Kier alpha value is -3.19. The highest BCUT2D eigenvalue weighted by atomic mass is 16.5. The van der Waals surface area contributed by atoms with Crippen molar-refractivity contribution in [1.29, 1.82) is 0 Å². The number of carbonyl (C=O) groups excluding carboxylic acids is 1. The quantitative estimate of drug-likeness (QED) is 0.442. The first kappa shape index (κ1) is 19.8. The number of aromatic amines is 2. The number of nitrogens with zero attached hydrogens (tertiary/aromatic N) is 2. The summed E-state index contributed by atoms with van der Waals surface area (Å²) in [4.78, 5) is 21.7. The van der Waals surface area contributed by atoms with Gasteiger partial charge >= 0.3 is 0 Å². The van der Waals surface area contributed by atoms with E-state index >= 15 is 0 Å². The number of nitrogens with one attached hydrogen (secondary N) is 3. The lowest BCUT2D eigenvalue weighted by atomic mass is 9.84. The minimum atomic E-state index is -0.263. The van der Waals surface area contributed by atoms with Crippen LogP contribution in [-0.4, -0.2) is 39.3 Å². The van der Waals surface area contributed by atoms with Gasteiger partial charge in [-0.15, -0.1) is 0 Å². The molecule has 0 aliphatic heterocycles. The smallest absolute Gasteiger partial charge is 0.289 e. The van der Waals surface area contributed by atoms with Crippen molar-refractivity contribution in [2.24, 2.45) is 0 Å². The normalized spacial score (nSPS) is 20.2. The van der Waals surface area contributed by atoms with Gasteiger partial charge in [0.2, 0.25) is 5.82 Å². The molecule has 0 saturated heterocycles. The molecule has 1 aliphatic rings. The average molecular weight is 418 g/mol. The molecular weight excluding hydrogens is 390 g/mol. The summed E-state index contributed by atoms with van der Waals surface area (Å²) in [6, 6.07) is 13.8. The lowest BCUT2D eigenvalue weighted by Crippen LogP contribution is -2.27. The number of ether oxygens (including phenoxy) is 1. The van der Waals surface area contributed by atoms with Gasteiger partial charge in [0.1, 0.15) is 0 Å². The second-order valence-electron chi connectivity index (χ2n) is 8.41. The van der Waals surface area contributed by atoms with E-state index < -0.39 is 0 Å². The number of hydrogen-bond donors (Lipinski definition) is 3. The van der Waals surface area contributed by atoms with Crippen molar-refractivity contribution < 1.29 is 9.53 Å². The van der Waals surface area contributed by atoms with Crippen LogP contribution >= 0.6 is 0 Å². The molecule has 0 bridgehead atoms. The van der Waals surface area contributed by atoms with Crippen LogP contribution in [-0.2, 0) is 4.74 Å². The molecule has 2 aromatic carbocycles. The second-order valence-corrected chi connectivity index (χ2v) is 8.41. The van der Waals surface area contributed by atoms with E-state index in [2.05, 4.69) is 25.5 Å². The fourth-order valence-electron chi connectivity index (χ4n) is 4.63. The van der Waals surface area contributed by atoms with Gasteiger partial charge in [-0.3, -0.25) is 4.79 Å². The third kappa shape index (κ3) is 3.81. The van der Waals surface area contributed by atoms with Crippen LogP contribution in [0.5, 0.6) is 0 Å². The van der Waals surface area contributed by atoms with Gasteiger partial charge in [-0.25, -0.2) is 9.97 Å². The van der Waals surface area contributed by atoms with Gasteiger partial charge in [0.05, 0.1) is 28.7 Å². The molecule has 1 fully saturated rings. The van der Waals surface area contributed by atoms with E-state index in [0.29, 0.717) is 12.0 Å². The van der Waals surface area contributed by atoms with Gasteiger partial charge in [0, 0.05) is 24.1 Å². The van der Waals surface area contributed by atoms with Crippen molar-refractivity contribution in [2.45, 2.75) is 50.7 Å². The number of imidazole rings is 1. The number of hydrogen-bond acceptors (Lipinski definition) is 4. The first-order valence-corrected chi connectivity index (χ1v) is 10.9. The SMILES string of the molecule is COC1CCC(c2[nH][nH]c3cc4nc(C(=O)N[C@H](C)c5ccccc5)nc4cc23)CC1. The Morgan fingerprint density at radius 3 is 2.48 bits per heavy atom. The van der Waals surface area contributed by atoms with Crippen LogP contribution < -0.4 is 5.32 Å². The van der Waals surface area contributed by atoms with E-state index in [-0.39, 0.29) is 17.8 Å². The number of benzene rings is 2. The minimum Gasteiger partial charge on any atom is -0.381 e. The number of amides is 1. The molecule has 1 aliphatic carbocycles. The largest absolute Gasteiger partial charge is 0.381 e. The van der Waals surface area contributed by atoms with E-state index in [1.54, 1.807) is 7.11 Å². The number of aromatic nitrogens is 4.